The van der Waals surface area contributed by atoms with Crippen molar-refractivity contribution < 1.29 is 18.8 Å². The summed E-state index contributed by atoms with van der Waals surface area (Å²) in [6, 6.07) is 13.0. The van der Waals surface area contributed by atoms with Gasteiger partial charge in [0, 0.05) is 37.7 Å². The Morgan fingerprint density at radius 2 is 1.74 bits per heavy atom. The Bertz CT molecular complexity index is 1120. The Morgan fingerprint density at radius 1 is 1.03 bits per heavy atom. The minimum atomic E-state index is -1.08. The molecule has 0 aliphatic heterocycles. The molecule has 0 saturated carbocycles. The van der Waals surface area contributed by atoms with E-state index in [1.807, 2.05) is 24.3 Å². The molecule has 0 bridgehead atoms. The Morgan fingerprint density at radius 3 is 2.26 bits per heavy atom. The number of pyridine rings is 1. The highest BCUT2D eigenvalue weighted by molar-refractivity contribution is 6.08. The van der Waals surface area contributed by atoms with Gasteiger partial charge >= 0.3 is 0 Å². The quantitative estimate of drug-likeness (QED) is 0.579. The van der Waals surface area contributed by atoms with Crippen molar-refractivity contribution in [3.8, 4) is 0 Å². The maximum atomic E-state index is 13.6. The summed E-state index contributed by atoms with van der Waals surface area (Å²) < 4.78 is 5.37. The lowest BCUT2D eigenvalue weighted by Gasteiger charge is -2.31. The number of amides is 3. The van der Waals surface area contributed by atoms with Gasteiger partial charge in [-0.25, -0.2) is 0 Å². The van der Waals surface area contributed by atoms with Crippen LogP contribution >= 0.6 is 0 Å². The molecule has 3 rings (SSSR count). The maximum Gasteiger partial charge on any atom is 0.294 e. The second-order valence-corrected chi connectivity index (χ2v) is 9.14. The van der Waals surface area contributed by atoms with Gasteiger partial charge in [0.05, 0.1) is 12.8 Å². The van der Waals surface area contributed by atoms with Gasteiger partial charge in [-0.05, 0) is 41.3 Å². The number of carbonyl (C=O) groups excluding carboxylic acids is 3. The fourth-order valence-electron chi connectivity index (χ4n) is 3.40. The van der Waals surface area contributed by atoms with E-state index in [1.54, 1.807) is 44.6 Å². The zero-order valence-corrected chi connectivity index (χ0v) is 20.1. The normalized spacial score (nSPS) is 12.0. The Balaban J connectivity index is 2.09. The van der Waals surface area contributed by atoms with E-state index in [1.165, 1.54) is 22.3 Å². The SMILES string of the molecule is CN(C)C(=O)CNC(=O)C(c1cccnc1)N(C(=O)c1ccco1)c1ccc(C(C)(C)C)cc1. The molecule has 34 heavy (non-hydrogen) atoms. The second-order valence-electron chi connectivity index (χ2n) is 9.14. The van der Waals surface area contributed by atoms with Gasteiger partial charge in [-0.2, -0.15) is 0 Å². The molecule has 3 amide bonds. The van der Waals surface area contributed by atoms with Gasteiger partial charge in [0.15, 0.2) is 5.76 Å². The molecule has 1 aromatic carbocycles. The van der Waals surface area contributed by atoms with Crippen molar-refractivity contribution in [1.82, 2.24) is 15.2 Å². The molecule has 3 aromatic rings. The predicted octanol–water partition coefficient (Wildman–Crippen LogP) is 3.56. The average molecular weight is 463 g/mol. The molecule has 0 radical (unpaired) electrons. The average Bonchev–Trinajstić information content (AvgIpc) is 3.35. The number of aromatic nitrogens is 1. The molecule has 0 saturated heterocycles. The lowest BCUT2D eigenvalue weighted by Crippen LogP contribution is -2.46. The first kappa shape index (κ1) is 24.7. The van der Waals surface area contributed by atoms with Crippen LogP contribution in [0.5, 0.6) is 0 Å². The predicted molar refractivity (Wildman–Crippen MR) is 129 cm³/mol. The summed E-state index contributed by atoms with van der Waals surface area (Å²) in [5, 5.41) is 2.67. The first-order valence-corrected chi connectivity index (χ1v) is 10.9. The van der Waals surface area contributed by atoms with Gasteiger partial charge in [-0.1, -0.05) is 39.0 Å². The number of anilines is 1. The number of hydrogen-bond donors (Lipinski definition) is 1. The van der Waals surface area contributed by atoms with E-state index in [0.29, 0.717) is 11.3 Å². The largest absolute Gasteiger partial charge is 0.459 e. The van der Waals surface area contributed by atoms with Crippen LogP contribution in [0.3, 0.4) is 0 Å². The Labute approximate surface area is 199 Å². The minimum absolute atomic E-state index is 0.0823. The number of rotatable bonds is 7. The van der Waals surface area contributed by atoms with Crippen LogP contribution < -0.4 is 10.2 Å². The smallest absolute Gasteiger partial charge is 0.294 e. The van der Waals surface area contributed by atoms with Crippen LogP contribution in [-0.4, -0.2) is 48.2 Å². The number of hydrogen-bond acceptors (Lipinski definition) is 5. The summed E-state index contributed by atoms with van der Waals surface area (Å²) >= 11 is 0. The molecule has 2 heterocycles. The van der Waals surface area contributed by atoms with E-state index in [2.05, 4.69) is 31.1 Å². The van der Waals surface area contributed by atoms with Crippen LogP contribution in [0.2, 0.25) is 0 Å². The highest BCUT2D eigenvalue weighted by Gasteiger charge is 2.35. The number of nitrogens with zero attached hydrogens (tertiary/aromatic N) is 3. The molecule has 1 unspecified atom stereocenters. The first-order chi connectivity index (χ1) is 16.1. The molecule has 2 aromatic heterocycles. The number of benzene rings is 1. The fraction of sp³-hybridized carbons (Fsp3) is 0.308. The van der Waals surface area contributed by atoms with Gasteiger partial charge in [0.1, 0.15) is 6.04 Å². The first-order valence-electron chi connectivity index (χ1n) is 10.9. The summed E-state index contributed by atoms with van der Waals surface area (Å²) in [6.07, 6.45) is 4.53. The molecule has 0 spiro atoms. The van der Waals surface area contributed by atoms with Gasteiger partial charge in [0.25, 0.3) is 5.91 Å². The number of likely N-dealkylation sites (N-methyl/N-ethyl adjacent to an activating group) is 1. The van der Waals surface area contributed by atoms with Gasteiger partial charge < -0.3 is 14.6 Å². The molecule has 0 aliphatic rings. The highest BCUT2D eigenvalue weighted by atomic mass is 16.3. The lowest BCUT2D eigenvalue weighted by atomic mass is 9.87. The molecule has 1 N–H and O–H groups in total. The van der Waals surface area contributed by atoms with Crippen LogP contribution in [-0.2, 0) is 15.0 Å². The molecular weight excluding hydrogens is 432 g/mol. The van der Waals surface area contributed by atoms with Gasteiger partial charge in [0.2, 0.25) is 11.8 Å². The second kappa shape index (κ2) is 10.3. The number of carbonyl (C=O) groups is 3. The van der Waals surface area contributed by atoms with Crippen molar-refractivity contribution in [2.75, 3.05) is 25.5 Å². The lowest BCUT2D eigenvalue weighted by molar-refractivity contribution is -0.131. The zero-order chi connectivity index (χ0) is 24.9. The third-order valence-corrected chi connectivity index (χ3v) is 5.38. The summed E-state index contributed by atoms with van der Waals surface area (Å²) in [5.41, 5.74) is 2.01. The third kappa shape index (κ3) is 5.70. The number of furan rings is 1. The van der Waals surface area contributed by atoms with Crippen molar-refractivity contribution in [1.29, 1.82) is 0 Å². The molecule has 1 atom stereocenters. The molecule has 8 heteroatoms. The van der Waals surface area contributed by atoms with Crippen LogP contribution in [0.4, 0.5) is 5.69 Å². The summed E-state index contributed by atoms with van der Waals surface area (Å²) in [7, 11) is 3.22. The van der Waals surface area contributed by atoms with E-state index in [9.17, 15) is 14.4 Å². The van der Waals surface area contributed by atoms with E-state index in [0.717, 1.165) is 5.56 Å². The topological polar surface area (TPSA) is 95.8 Å². The molecular formula is C26H30N4O4. The third-order valence-electron chi connectivity index (χ3n) is 5.38. The van der Waals surface area contributed by atoms with Crippen LogP contribution in [0.1, 0.15) is 48.5 Å². The Kier molecular flexibility index (Phi) is 7.50. The summed E-state index contributed by atoms with van der Waals surface area (Å²) in [4.78, 5) is 46.1. The Hall–Kier alpha value is -3.94. The molecule has 0 fully saturated rings. The minimum Gasteiger partial charge on any atom is -0.459 e. The van der Waals surface area contributed by atoms with E-state index in [4.69, 9.17) is 4.42 Å². The van der Waals surface area contributed by atoms with Crippen LogP contribution in [0.25, 0.3) is 0 Å². The zero-order valence-electron chi connectivity index (χ0n) is 20.1. The number of nitrogens with one attached hydrogen (secondary N) is 1. The molecule has 0 aliphatic carbocycles. The highest BCUT2D eigenvalue weighted by Crippen LogP contribution is 2.32. The monoisotopic (exact) mass is 462 g/mol. The van der Waals surface area contributed by atoms with Crippen LogP contribution in [0.15, 0.2) is 71.6 Å². The standard InChI is InChI=1S/C26H30N4O4/c1-26(2,3)19-10-12-20(13-11-19)30(25(33)21-9-7-15-34-21)23(18-8-6-14-27-16-18)24(32)28-17-22(31)29(4)5/h6-16,23H,17H2,1-5H3,(H,28,32). The maximum absolute atomic E-state index is 13.6. The fourth-order valence-corrected chi connectivity index (χ4v) is 3.40. The van der Waals surface area contributed by atoms with Gasteiger partial charge in [-0.3, -0.25) is 24.3 Å². The molecule has 8 nitrogen and oxygen atoms in total. The molecule has 178 valence electrons. The van der Waals surface area contributed by atoms with E-state index >= 15 is 0 Å². The summed E-state index contributed by atoms with van der Waals surface area (Å²) in [6.45, 7) is 6.10. The van der Waals surface area contributed by atoms with E-state index < -0.39 is 17.9 Å². The van der Waals surface area contributed by atoms with Crippen molar-refractivity contribution >= 4 is 23.4 Å². The van der Waals surface area contributed by atoms with Crippen molar-refractivity contribution in [2.24, 2.45) is 0 Å². The summed E-state index contributed by atoms with van der Waals surface area (Å²) in [5.74, 6) is -1.18. The van der Waals surface area contributed by atoms with Crippen molar-refractivity contribution in [3.63, 3.8) is 0 Å². The van der Waals surface area contributed by atoms with E-state index in [-0.39, 0.29) is 23.6 Å². The van der Waals surface area contributed by atoms with Crippen molar-refractivity contribution in [2.45, 2.75) is 32.2 Å². The van der Waals surface area contributed by atoms with Gasteiger partial charge in [-0.15, -0.1) is 0 Å². The van der Waals surface area contributed by atoms with Crippen molar-refractivity contribution in [3.05, 3.63) is 84.1 Å². The van der Waals surface area contributed by atoms with Crippen LogP contribution in [0, 0.1) is 0 Å².